The molecule has 0 saturated carbocycles. The third-order valence-corrected chi connectivity index (χ3v) is 5.14. The van der Waals surface area contributed by atoms with Crippen LogP contribution in [-0.4, -0.2) is 16.7 Å². The Labute approximate surface area is 179 Å². The van der Waals surface area contributed by atoms with Crippen molar-refractivity contribution in [3.8, 4) is 0 Å². The molecule has 1 atom stereocenters. The summed E-state index contributed by atoms with van der Waals surface area (Å²) in [5.41, 5.74) is 3.28. The van der Waals surface area contributed by atoms with Crippen molar-refractivity contribution in [2.45, 2.75) is 20.0 Å². The normalized spacial score (nSPS) is 11.8. The number of carbonyl (C=O) groups excluding carboxylic acids is 2. The first-order valence-corrected chi connectivity index (χ1v) is 9.93. The van der Waals surface area contributed by atoms with E-state index in [-0.39, 0.29) is 16.9 Å². The van der Waals surface area contributed by atoms with Crippen LogP contribution in [0.1, 0.15) is 43.6 Å². The maximum Gasteiger partial charge on any atom is 0.355 e. The first-order chi connectivity index (χ1) is 14.9. The SMILES string of the molecule is Cc1ccc(C(=O)[C@H](OC(=O)c2cc(=O)c3ccccc3[nH]2)c2ccc(C)cc2)cc1. The maximum absolute atomic E-state index is 13.2. The molecule has 5 heteroatoms. The number of Topliss-reactive ketones (excluding diaryl/α,β-unsaturated/α-hetero) is 1. The van der Waals surface area contributed by atoms with Crippen LogP contribution >= 0.6 is 0 Å². The summed E-state index contributed by atoms with van der Waals surface area (Å²) in [5.74, 6) is -1.10. The topological polar surface area (TPSA) is 76.2 Å². The molecule has 0 bridgehead atoms. The van der Waals surface area contributed by atoms with Crippen LogP contribution in [-0.2, 0) is 4.74 Å². The molecule has 0 spiro atoms. The average Bonchev–Trinajstić information content (AvgIpc) is 2.78. The molecule has 1 heterocycles. The number of ketones is 1. The molecule has 1 N–H and O–H groups in total. The van der Waals surface area contributed by atoms with Gasteiger partial charge in [-0.15, -0.1) is 0 Å². The van der Waals surface area contributed by atoms with E-state index in [0.717, 1.165) is 11.1 Å². The third-order valence-electron chi connectivity index (χ3n) is 5.14. The second-order valence-electron chi connectivity index (χ2n) is 7.52. The third kappa shape index (κ3) is 4.31. The van der Waals surface area contributed by atoms with Crippen LogP contribution in [0.25, 0.3) is 10.9 Å². The highest BCUT2D eigenvalue weighted by Gasteiger charge is 2.27. The van der Waals surface area contributed by atoms with Crippen molar-refractivity contribution in [2.75, 3.05) is 0 Å². The fraction of sp³-hybridized carbons (Fsp3) is 0.115. The molecule has 0 radical (unpaired) electrons. The predicted octanol–water partition coefficient (Wildman–Crippen LogP) is 4.93. The Morgan fingerprint density at radius 3 is 2.13 bits per heavy atom. The van der Waals surface area contributed by atoms with Gasteiger partial charge in [-0.25, -0.2) is 4.79 Å². The molecule has 0 aliphatic rings. The maximum atomic E-state index is 13.2. The number of rotatable bonds is 5. The lowest BCUT2D eigenvalue weighted by Gasteiger charge is -2.18. The Bertz CT molecular complexity index is 1320. The highest BCUT2D eigenvalue weighted by Crippen LogP contribution is 2.25. The van der Waals surface area contributed by atoms with Crippen LogP contribution in [0.4, 0.5) is 0 Å². The van der Waals surface area contributed by atoms with Gasteiger partial charge in [-0.1, -0.05) is 71.8 Å². The molecule has 0 saturated heterocycles. The minimum atomic E-state index is -1.13. The molecule has 4 aromatic rings. The number of carbonyl (C=O) groups is 2. The van der Waals surface area contributed by atoms with E-state index in [2.05, 4.69) is 4.98 Å². The zero-order valence-electron chi connectivity index (χ0n) is 17.2. The number of nitrogens with one attached hydrogen (secondary N) is 1. The van der Waals surface area contributed by atoms with Gasteiger partial charge in [-0.05, 0) is 26.0 Å². The van der Waals surface area contributed by atoms with Gasteiger partial charge in [-0.3, -0.25) is 9.59 Å². The minimum Gasteiger partial charge on any atom is -0.444 e. The zero-order chi connectivity index (χ0) is 22.0. The molecule has 5 nitrogen and oxygen atoms in total. The number of aromatic amines is 1. The lowest BCUT2D eigenvalue weighted by molar-refractivity contribution is 0.0274. The summed E-state index contributed by atoms with van der Waals surface area (Å²) in [6, 6.07) is 22.5. The van der Waals surface area contributed by atoms with E-state index >= 15 is 0 Å². The van der Waals surface area contributed by atoms with Gasteiger partial charge in [0.05, 0.1) is 0 Å². The van der Waals surface area contributed by atoms with Crippen LogP contribution in [0.5, 0.6) is 0 Å². The fourth-order valence-corrected chi connectivity index (χ4v) is 3.36. The van der Waals surface area contributed by atoms with E-state index in [0.29, 0.717) is 22.0 Å². The van der Waals surface area contributed by atoms with Crippen LogP contribution < -0.4 is 5.43 Å². The van der Waals surface area contributed by atoms with Crippen molar-refractivity contribution in [3.63, 3.8) is 0 Å². The summed E-state index contributed by atoms with van der Waals surface area (Å²) >= 11 is 0. The second kappa shape index (κ2) is 8.40. The number of benzene rings is 3. The van der Waals surface area contributed by atoms with Crippen molar-refractivity contribution in [3.05, 3.63) is 117 Å². The number of pyridine rings is 1. The summed E-state index contributed by atoms with van der Waals surface area (Å²) in [5, 5.41) is 0.477. The number of hydrogen-bond acceptors (Lipinski definition) is 4. The van der Waals surface area contributed by atoms with E-state index in [1.165, 1.54) is 6.07 Å². The van der Waals surface area contributed by atoms with Crippen LogP contribution in [0.15, 0.2) is 83.7 Å². The van der Waals surface area contributed by atoms with Crippen LogP contribution in [0, 0.1) is 13.8 Å². The molecule has 0 fully saturated rings. The standard InChI is InChI=1S/C26H21NO4/c1-16-7-11-18(12-8-16)24(29)25(19-13-9-17(2)10-14-19)31-26(30)22-15-23(28)20-5-3-4-6-21(20)27-22/h3-15,25H,1-2H3,(H,27,28)/t25-/m1/s1. The molecule has 0 aliphatic heterocycles. The zero-order valence-corrected chi connectivity index (χ0v) is 17.2. The van der Waals surface area contributed by atoms with Crippen molar-refractivity contribution in [2.24, 2.45) is 0 Å². The molecular weight excluding hydrogens is 390 g/mol. The van der Waals surface area contributed by atoms with Gasteiger partial charge in [-0.2, -0.15) is 0 Å². The van der Waals surface area contributed by atoms with Gasteiger partial charge in [0.25, 0.3) is 0 Å². The smallest absolute Gasteiger partial charge is 0.355 e. The first kappa shape index (κ1) is 20.3. The second-order valence-corrected chi connectivity index (χ2v) is 7.52. The average molecular weight is 411 g/mol. The van der Waals surface area contributed by atoms with Gasteiger partial charge in [0, 0.05) is 28.1 Å². The fourth-order valence-electron chi connectivity index (χ4n) is 3.36. The van der Waals surface area contributed by atoms with Gasteiger partial charge >= 0.3 is 5.97 Å². The Hall–Kier alpha value is -3.99. The molecule has 0 aliphatic carbocycles. The quantitative estimate of drug-likeness (QED) is 0.373. The number of hydrogen-bond donors (Lipinski definition) is 1. The number of esters is 1. The molecule has 0 amide bonds. The van der Waals surface area contributed by atoms with Gasteiger partial charge in [0.1, 0.15) is 5.69 Å². The van der Waals surface area contributed by atoms with Gasteiger partial charge < -0.3 is 9.72 Å². The number of fused-ring (bicyclic) bond motifs is 1. The Morgan fingerprint density at radius 2 is 1.45 bits per heavy atom. The van der Waals surface area contributed by atoms with E-state index in [9.17, 15) is 14.4 Å². The molecule has 1 aromatic heterocycles. The molecule has 0 unspecified atom stereocenters. The lowest BCUT2D eigenvalue weighted by atomic mass is 9.98. The predicted molar refractivity (Wildman–Crippen MR) is 119 cm³/mol. The molecular formula is C26H21NO4. The minimum absolute atomic E-state index is 0.00230. The number of H-pyrrole nitrogens is 1. The molecule has 154 valence electrons. The van der Waals surface area contributed by atoms with Crippen LogP contribution in [0.3, 0.4) is 0 Å². The number of aromatic nitrogens is 1. The lowest BCUT2D eigenvalue weighted by Crippen LogP contribution is -2.22. The number of aryl methyl sites for hydroxylation is 2. The van der Waals surface area contributed by atoms with E-state index < -0.39 is 12.1 Å². The highest BCUT2D eigenvalue weighted by atomic mass is 16.5. The van der Waals surface area contributed by atoms with E-state index in [1.807, 2.05) is 38.1 Å². The van der Waals surface area contributed by atoms with Gasteiger partial charge in [0.2, 0.25) is 5.78 Å². The molecule has 31 heavy (non-hydrogen) atoms. The number of para-hydroxylation sites is 1. The van der Waals surface area contributed by atoms with E-state index in [4.69, 9.17) is 4.74 Å². The summed E-state index contributed by atoms with van der Waals surface area (Å²) in [6.45, 7) is 3.87. The van der Waals surface area contributed by atoms with Crippen molar-refractivity contribution >= 4 is 22.7 Å². The first-order valence-electron chi connectivity index (χ1n) is 9.93. The van der Waals surface area contributed by atoms with E-state index in [1.54, 1.807) is 48.5 Å². The Morgan fingerprint density at radius 1 is 0.839 bits per heavy atom. The summed E-state index contributed by atoms with van der Waals surface area (Å²) in [4.78, 5) is 41.5. The largest absolute Gasteiger partial charge is 0.444 e. The molecule has 3 aromatic carbocycles. The summed E-state index contributed by atoms with van der Waals surface area (Å²) in [6.07, 6.45) is -1.13. The Balaban J connectivity index is 1.71. The summed E-state index contributed by atoms with van der Waals surface area (Å²) in [7, 11) is 0. The number of ether oxygens (including phenoxy) is 1. The highest BCUT2D eigenvalue weighted by molar-refractivity contribution is 6.02. The van der Waals surface area contributed by atoms with Crippen molar-refractivity contribution < 1.29 is 14.3 Å². The molecule has 4 rings (SSSR count). The van der Waals surface area contributed by atoms with Gasteiger partial charge in [0.15, 0.2) is 11.5 Å². The van der Waals surface area contributed by atoms with Crippen molar-refractivity contribution in [1.82, 2.24) is 4.98 Å². The van der Waals surface area contributed by atoms with Crippen molar-refractivity contribution in [1.29, 1.82) is 0 Å². The van der Waals surface area contributed by atoms with Crippen LogP contribution in [0.2, 0.25) is 0 Å². The Kier molecular flexibility index (Phi) is 5.50. The summed E-state index contributed by atoms with van der Waals surface area (Å²) < 4.78 is 5.65. The monoisotopic (exact) mass is 411 g/mol.